The summed E-state index contributed by atoms with van der Waals surface area (Å²) in [4.78, 5) is 0. The molecule has 0 aromatic heterocycles. The molecule has 0 saturated carbocycles. The molecule has 1 aliphatic rings. The molecule has 1 fully saturated rings. The van der Waals surface area contributed by atoms with Crippen molar-refractivity contribution in [3.63, 3.8) is 0 Å². The number of aliphatic hydroxyl groups is 1. The zero-order valence-electron chi connectivity index (χ0n) is 9.43. The van der Waals surface area contributed by atoms with E-state index >= 15 is 0 Å². The van der Waals surface area contributed by atoms with Crippen LogP contribution in [-0.2, 0) is 23.7 Å². The van der Waals surface area contributed by atoms with Crippen molar-refractivity contribution in [2.45, 2.75) is 6.29 Å². The number of rotatable bonds is 0. The maximum Gasteiger partial charge on any atom is 0.178 e. The maximum absolute atomic E-state index is 9.31. The van der Waals surface area contributed by atoms with Gasteiger partial charge in [-0.25, -0.2) is 0 Å². The normalized spacial score (nSPS) is 27.9. The summed E-state index contributed by atoms with van der Waals surface area (Å²) in [5.41, 5.74) is 0. The van der Waals surface area contributed by atoms with Gasteiger partial charge in [0.1, 0.15) is 0 Å². The second kappa shape index (κ2) is 9.95. The van der Waals surface area contributed by atoms with E-state index in [0.717, 1.165) is 0 Å². The summed E-state index contributed by atoms with van der Waals surface area (Å²) in [5, 5.41) is 9.31. The molecule has 0 aromatic carbocycles. The van der Waals surface area contributed by atoms with E-state index in [1.54, 1.807) is 0 Å². The molecule has 96 valence electrons. The molecule has 1 heterocycles. The lowest BCUT2D eigenvalue weighted by atomic mass is 10.6. The maximum atomic E-state index is 9.31. The molecular formula is C10H20O6. The summed E-state index contributed by atoms with van der Waals surface area (Å²) < 4.78 is 25.9. The first-order valence-corrected chi connectivity index (χ1v) is 5.50. The van der Waals surface area contributed by atoms with Gasteiger partial charge in [0.25, 0.3) is 0 Å². The summed E-state index contributed by atoms with van der Waals surface area (Å²) in [6.45, 7) is 4.05. The average Bonchev–Trinajstić information content (AvgIpc) is 2.29. The molecular weight excluding hydrogens is 216 g/mol. The molecule has 6 heteroatoms. The van der Waals surface area contributed by atoms with Crippen LogP contribution in [0.5, 0.6) is 0 Å². The monoisotopic (exact) mass is 236 g/mol. The first-order chi connectivity index (χ1) is 7.89. The van der Waals surface area contributed by atoms with Crippen molar-refractivity contribution >= 4 is 0 Å². The first kappa shape index (κ1) is 13.8. The van der Waals surface area contributed by atoms with E-state index in [0.29, 0.717) is 52.9 Å². The Kier molecular flexibility index (Phi) is 8.60. The highest BCUT2D eigenvalue weighted by Gasteiger charge is 2.04. The Bertz CT molecular complexity index is 138. The van der Waals surface area contributed by atoms with Gasteiger partial charge < -0.3 is 28.8 Å². The van der Waals surface area contributed by atoms with E-state index in [1.165, 1.54) is 0 Å². The molecule has 1 N–H and O–H groups in total. The predicted octanol–water partition coefficient (Wildman–Crippen LogP) is -0.599. The Morgan fingerprint density at radius 3 is 1.62 bits per heavy atom. The second-order valence-electron chi connectivity index (χ2n) is 3.24. The fraction of sp³-hybridized carbons (Fsp3) is 1.00. The molecule has 1 aliphatic heterocycles. The molecule has 1 rings (SSSR count). The molecule has 0 spiro atoms. The fourth-order valence-electron chi connectivity index (χ4n) is 1.14. The molecule has 1 saturated heterocycles. The van der Waals surface area contributed by atoms with Crippen molar-refractivity contribution in [1.82, 2.24) is 0 Å². The third-order valence-corrected chi connectivity index (χ3v) is 1.91. The minimum absolute atomic E-state index is 0.153. The topological polar surface area (TPSA) is 66.4 Å². The van der Waals surface area contributed by atoms with Crippen molar-refractivity contribution in [2.75, 3.05) is 59.5 Å². The van der Waals surface area contributed by atoms with Crippen molar-refractivity contribution in [2.24, 2.45) is 0 Å². The van der Waals surface area contributed by atoms with Crippen LogP contribution in [0.1, 0.15) is 0 Å². The van der Waals surface area contributed by atoms with Crippen LogP contribution in [-0.4, -0.2) is 70.9 Å². The highest BCUT2D eigenvalue weighted by Crippen LogP contribution is 1.91. The van der Waals surface area contributed by atoms with E-state index in [1.807, 2.05) is 0 Å². The van der Waals surface area contributed by atoms with Crippen LogP contribution in [0, 0.1) is 0 Å². The van der Waals surface area contributed by atoms with Gasteiger partial charge in [0.05, 0.1) is 59.5 Å². The Balaban J connectivity index is 2.10. The Labute approximate surface area is 95.4 Å². The zero-order chi connectivity index (χ0) is 11.5. The Morgan fingerprint density at radius 1 is 0.625 bits per heavy atom. The Hall–Kier alpha value is -0.240. The lowest BCUT2D eigenvalue weighted by molar-refractivity contribution is -0.148. The van der Waals surface area contributed by atoms with Gasteiger partial charge in [0.2, 0.25) is 0 Å². The first-order valence-electron chi connectivity index (χ1n) is 5.50. The predicted molar refractivity (Wildman–Crippen MR) is 55.2 cm³/mol. The van der Waals surface area contributed by atoms with Crippen LogP contribution in [0.15, 0.2) is 0 Å². The van der Waals surface area contributed by atoms with Gasteiger partial charge >= 0.3 is 0 Å². The lowest BCUT2D eigenvalue weighted by Gasteiger charge is -2.12. The van der Waals surface area contributed by atoms with Gasteiger partial charge in [-0.3, -0.25) is 0 Å². The van der Waals surface area contributed by atoms with Gasteiger partial charge in [-0.15, -0.1) is 0 Å². The molecule has 0 bridgehead atoms. The molecule has 1 unspecified atom stereocenters. The lowest BCUT2D eigenvalue weighted by Crippen LogP contribution is -2.22. The number of ether oxygens (including phenoxy) is 5. The molecule has 0 aromatic rings. The van der Waals surface area contributed by atoms with Gasteiger partial charge in [-0.05, 0) is 0 Å². The molecule has 16 heavy (non-hydrogen) atoms. The number of aliphatic hydroxyl groups excluding tert-OH is 1. The van der Waals surface area contributed by atoms with E-state index < -0.39 is 6.29 Å². The molecule has 6 nitrogen and oxygen atoms in total. The number of hydrogen-bond acceptors (Lipinski definition) is 6. The standard InChI is InChI=1S/C10H20O6/c11-10-9-15-6-5-13-2-1-12-3-4-14-7-8-16-10/h10-11H,1-9H2. The average molecular weight is 236 g/mol. The van der Waals surface area contributed by atoms with Crippen molar-refractivity contribution in [3.05, 3.63) is 0 Å². The van der Waals surface area contributed by atoms with Gasteiger partial charge in [0, 0.05) is 0 Å². The summed E-state index contributed by atoms with van der Waals surface area (Å²) in [6, 6.07) is 0. The fourth-order valence-corrected chi connectivity index (χ4v) is 1.14. The van der Waals surface area contributed by atoms with E-state index in [9.17, 15) is 5.11 Å². The van der Waals surface area contributed by atoms with E-state index in [4.69, 9.17) is 23.7 Å². The summed E-state index contributed by atoms with van der Waals surface area (Å²) in [5.74, 6) is 0. The van der Waals surface area contributed by atoms with Crippen LogP contribution < -0.4 is 0 Å². The van der Waals surface area contributed by atoms with E-state index in [-0.39, 0.29) is 6.61 Å². The smallest absolute Gasteiger partial charge is 0.178 e. The van der Waals surface area contributed by atoms with Crippen molar-refractivity contribution in [3.8, 4) is 0 Å². The second-order valence-corrected chi connectivity index (χ2v) is 3.24. The minimum Gasteiger partial charge on any atom is -0.377 e. The quantitative estimate of drug-likeness (QED) is 0.606. The van der Waals surface area contributed by atoms with Crippen LogP contribution in [0.2, 0.25) is 0 Å². The van der Waals surface area contributed by atoms with E-state index in [2.05, 4.69) is 0 Å². The van der Waals surface area contributed by atoms with Gasteiger partial charge in [-0.1, -0.05) is 0 Å². The zero-order valence-corrected chi connectivity index (χ0v) is 9.43. The molecule has 0 radical (unpaired) electrons. The molecule has 0 amide bonds. The third-order valence-electron chi connectivity index (χ3n) is 1.91. The highest BCUT2D eigenvalue weighted by molar-refractivity contribution is 4.41. The molecule has 1 atom stereocenters. The molecule has 0 aliphatic carbocycles. The highest BCUT2D eigenvalue weighted by atomic mass is 16.6. The van der Waals surface area contributed by atoms with Crippen molar-refractivity contribution < 1.29 is 28.8 Å². The number of hydrogen-bond donors (Lipinski definition) is 1. The SMILES string of the molecule is OC1COCCOCCOCCOCCO1. The largest absolute Gasteiger partial charge is 0.377 e. The summed E-state index contributed by atoms with van der Waals surface area (Å²) in [6.07, 6.45) is -0.898. The van der Waals surface area contributed by atoms with Crippen LogP contribution in [0.3, 0.4) is 0 Å². The summed E-state index contributed by atoms with van der Waals surface area (Å²) in [7, 11) is 0. The Morgan fingerprint density at radius 2 is 1.06 bits per heavy atom. The van der Waals surface area contributed by atoms with Crippen molar-refractivity contribution in [1.29, 1.82) is 0 Å². The van der Waals surface area contributed by atoms with Crippen LogP contribution >= 0.6 is 0 Å². The minimum atomic E-state index is -0.898. The van der Waals surface area contributed by atoms with Crippen LogP contribution in [0.4, 0.5) is 0 Å². The summed E-state index contributed by atoms with van der Waals surface area (Å²) >= 11 is 0. The van der Waals surface area contributed by atoms with Gasteiger partial charge in [-0.2, -0.15) is 0 Å². The van der Waals surface area contributed by atoms with Crippen LogP contribution in [0.25, 0.3) is 0 Å². The van der Waals surface area contributed by atoms with Gasteiger partial charge in [0.15, 0.2) is 6.29 Å². The third kappa shape index (κ3) is 7.98.